The number of hydrogen-bond acceptors (Lipinski definition) is 4. The number of anilines is 1. The third-order valence-electron chi connectivity index (χ3n) is 2.95. The molecule has 21 heavy (non-hydrogen) atoms. The summed E-state index contributed by atoms with van der Waals surface area (Å²) >= 11 is 3.30. The smallest absolute Gasteiger partial charge is 0.283 e. The van der Waals surface area contributed by atoms with Crippen LogP contribution in [0.5, 0.6) is 0 Å². The minimum Gasteiger partial charge on any atom is -0.382 e. The van der Waals surface area contributed by atoms with Gasteiger partial charge < -0.3 is 10.6 Å². The van der Waals surface area contributed by atoms with Crippen molar-refractivity contribution >= 4 is 27.5 Å². The van der Waals surface area contributed by atoms with Gasteiger partial charge in [0, 0.05) is 26.1 Å². The summed E-state index contributed by atoms with van der Waals surface area (Å²) in [5, 5.41) is 10.0. The average Bonchev–Trinajstić information content (AvgIpc) is 2.48. The van der Waals surface area contributed by atoms with Crippen molar-refractivity contribution < 1.29 is 4.79 Å². The molecule has 0 aliphatic carbocycles. The molecule has 0 atom stereocenters. The van der Waals surface area contributed by atoms with Crippen molar-refractivity contribution in [1.29, 1.82) is 0 Å². The van der Waals surface area contributed by atoms with Gasteiger partial charge in [-0.05, 0) is 28.8 Å². The molecule has 0 aliphatic heterocycles. The van der Waals surface area contributed by atoms with Crippen LogP contribution in [0.25, 0.3) is 0 Å². The Hall–Kier alpha value is -1.37. The van der Waals surface area contributed by atoms with Crippen molar-refractivity contribution in [3.05, 3.63) is 21.0 Å². The Morgan fingerprint density at radius 2 is 2.10 bits per heavy atom. The van der Waals surface area contributed by atoms with Crippen molar-refractivity contribution in [3.63, 3.8) is 0 Å². The number of nitrogens with zero attached hydrogens (tertiary/aromatic N) is 2. The zero-order valence-corrected chi connectivity index (χ0v) is 14.2. The Balaban J connectivity index is 2.54. The van der Waals surface area contributed by atoms with Crippen LogP contribution >= 0.6 is 15.9 Å². The summed E-state index contributed by atoms with van der Waals surface area (Å²) in [7, 11) is 0. The molecule has 7 heteroatoms. The molecule has 0 saturated carbocycles. The fraction of sp³-hybridized carbons (Fsp3) is 0.643. The summed E-state index contributed by atoms with van der Waals surface area (Å²) in [5.74, 6) is 0.00437. The predicted molar refractivity (Wildman–Crippen MR) is 87.5 cm³/mol. The number of aromatic nitrogens is 2. The van der Waals surface area contributed by atoms with Crippen LogP contribution in [-0.2, 0) is 11.3 Å². The second-order valence-electron chi connectivity index (χ2n) is 4.78. The topological polar surface area (TPSA) is 76.0 Å². The van der Waals surface area contributed by atoms with Crippen LogP contribution in [-0.4, -0.2) is 28.8 Å². The normalized spacial score (nSPS) is 10.4. The minimum absolute atomic E-state index is 0.00437. The zero-order valence-electron chi connectivity index (χ0n) is 12.6. The maximum Gasteiger partial charge on any atom is 0.283 e. The Kier molecular flexibility index (Phi) is 8.04. The maximum absolute atomic E-state index is 12.1. The number of halogens is 1. The van der Waals surface area contributed by atoms with E-state index < -0.39 is 0 Å². The second kappa shape index (κ2) is 9.55. The van der Waals surface area contributed by atoms with Crippen LogP contribution < -0.4 is 16.2 Å². The van der Waals surface area contributed by atoms with Gasteiger partial charge in [-0.15, -0.1) is 0 Å². The minimum atomic E-state index is -0.149. The van der Waals surface area contributed by atoms with Crippen LogP contribution in [0.3, 0.4) is 0 Å². The lowest BCUT2D eigenvalue weighted by atomic mass is 10.3. The van der Waals surface area contributed by atoms with E-state index in [1.165, 1.54) is 4.68 Å². The number of carbonyl (C=O) groups is 1. The number of rotatable bonds is 9. The summed E-state index contributed by atoms with van der Waals surface area (Å²) < 4.78 is 1.91. The van der Waals surface area contributed by atoms with E-state index in [0.29, 0.717) is 36.2 Å². The van der Waals surface area contributed by atoms with Gasteiger partial charge >= 0.3 is 0 Å². The molecule has 0 spiro atoms. The fourth-order valence-corrected chi connectivity index (χ4v) is 2.17. The highest BCUT2D eigenvalue weighted by molar-refractivity contribution is 9.10. The largest absolute Gasteiger partial charge is 0.382 e. The van der Waals surface area contributed by atoms with Crippen LogP contribution in [0.1, 0.15) is 39.5 Å². The van der Waals surface area contributed by atoms with Crippen molar-refractivity contribution in [2.24, 2.45) is 0 Å². The third-order valence-corrected chi connectivity index (χ3v) is 3.71. The molecule has 118 valence electrons. The summed E-state index contributed by atoms with van der Waals surface area (Å²) in [4.78, 5) is 23.5. The van der Waals surface area contributed by atoms with E-state index in [1.807, 2.05) is 6.92 Å². The monoisotopic (exact) mass is 358 g/mol. The fourth-order valence-electron chi connectivity index (χ4n) is 1.72. The first kappa shape index (κ1) is 17.7. The highest BCUT2D eigenvalue weighted by Crippen LogP contribution is 2.16. The summed E-state index contributed by atoms with van der Waals surface area (Å²) in [6.07, 6.45) is 4.84. The van der Waals surface area contributed by atoms with Gasteiger partial charge in [0.2, 0.25) is 5.91 Å². The van der Waals surface area contributed by atoms with E-state index >= 15 is 0 Å². The summed E-state index contributed by atoms with van der Waals surface area (Å²) in [5.41, 5.74) is 0.472. The van der Waals surface area contributed by atoms with Crippen molar-refractivity contribution in [1.82, 2.24) is 15.1 Å². The molecule has 0 radical (unpaired) electrons. The van der Waals surface area contributed by atoms with Gasteiger partial charge in [-0.25, -0.2) is 4.68 Å². The first-order valence-electron chi connectivity index (χ1n) is 7.36. The van der Waals surface area contributed by atoms with Crippen molar-refractivity contribution in [3.8, 4) is 0 Å². The van der Waals surface area contributed by atoms with E-state index in [-0.39, 0.29) is 11.5 Å². The molecule has 0 aromatic carbocycles. The zero-order chi connectivity index (χ0) is 15.7. The number of amides is 1. The van der Waals surface area contributed by atoms with Gasteiger partial charge in [0.25, 0.3) is 5.56 Å². The third kappa shape index (κ3) is 5.87. The van der Waals surface area contributed by atoms with Crippen LogP contribution in [0.15, 0.2) is 15.5 Å². The van der Waals surface area contributed by atoms with Gasteiger partial charge in [0.1, 0.15) is 4.47 Å². The Bertz CT molecular complexity index is 516. The van der Waals surface area contributed by atoms with Gasteiger partial charge in [-0.1, -0.05) is 20.3 Å². The van der Waals surface area contributed by atoms with Gasteiger partial charge in [0.15, 0.2) is 0 Å². The molecule has 2 N–H and O–H groups in total. The molecule has 1 rings (SSSR count). The number of hydrogen-bond donors (Lipinski definition) is 2. The number of unbranched alkanes of at least 4 members (excludes halogenated alkanes) is 1. The quantitative estimate of drug-likeness (QED) is 0.708. The number of nitrogens with one attached hydrogen (secondary N) is 2. The molecule has 0 saturated heterocycles. The van der Waals surface area contributed by atoms with Crippen molar-refractivity contribution in [2.45, 2.75) is 46.1 Å². The molecule has 1 heterocycles. The predicted octanol–water partition coefficient (Wildman–Crippen LogP) is 2.13. The molecule has 1 aromatic rings. The number of carbonyl (C=O) groups excluding carboxylic acids is 1. The van der Waals surface area contributed by atoms with E-state index in [2.05, 4.69) is 38.6 Å². The van der Waals surface area contributed by atoms with Gasteiger partial charge in [-0.2, -0.15) is 5.10 Å². The molecule has 0 fully saturated rings. The van der Waals surface area contributed by atoms with E-state index in [9.17, 15) is 9.59 Å². The summed E-state index contributed by atoms with van der Waals surface area (Å²) in [6, 6.07) is 0. The SMILES string of the molecule is CCCCn1ncc(NCCC(=O)NCCC)c(Br)c1=O. The Labute approximate surface area is 133 Å². The molecule has 0 bridgehead atoms. The molecule has 1 amide bonds. The molecule has 6 nitrogen and oxygen atoms in total. The molecule has 0 unspecified atom stereocenters. The van der Waals surface area contributed by atoms with Crippen LogP contribution in [0.4, 0.5) is 5.69 Å². The first-order valence-corrected chi connectivity index (χ1v) is 8.15. The Morgan fingerprint density at radius 1 is 1.33 bits per heavy atom. The standard InChI is InChI=1S/C14H23BrN4O2/c1-3-5-9-19-14(21)13(15)11(10-18-19)16-8-6-12(20)17-7-4-2/h10,16H,3-9H2,1-2H3,(H,17,20). The lowest BCUT2D eigenvalue weighted by Crippen LogP contribution is -2.27. The first-order chi connectivity index (χ1) is 10.1. The average molecular weight is 359 g/mol. The van der Waals surface area contributed by atoms with Crippen LogP contribution in [0, 0.1) is 0 Å². The lowest BCUT2D eigenvalue weighted by Gasteiger charge is -2.10. The summed E-state index contributed by atoms with van der Waals surface area (Å²) in [6.45, 7) is 5.86. The van der Waals surface area contributed by atoms with E-state index in [4.69, 9.17) is 0 Å². The van der Waals surface area contributed by atoms with Crippen molar-refractivity contribution in [2.75, 3.05) is 18.4 Å². The second-order valence-corrected chi connectivity index (χ2v) is 5.57. The molecule has 1 aromatic heterocycles. The van der Waals surface area contributed by atoms with E-state index in [0.717, 1.165) is 19.3 Å². The lowest BCUT2D eigenvalue weighted by molar-refractivity contribution is -0.120. The highest BCUT2D eigenvalue weighted by Gasteiger charge is 2.08. The van der Waals surface area contributed by atoms with Crippen LogP contribution in [0.2, 0.25) is 0 Å². The molecular formula is C14H23BrN4O2. The molecular weight excluding hydrogens is 336 g/mol. The number of aryl methyl sites for hydroxylation is 1. The Morgan fingerprint density at radius 3 is 2.76 bits per heavy atom. The maximum atomic E-state index is 12.1. The molecule has 0 aliphatic rings. The van der Waals surface area contributed by atoms with Gasteiger partial charge in [0.05, 0.1) is 11.9 Å². The van der Waals surface area contributed by atoms with Gasteiger partial charge in [-0.3, -0.25) is 9.59 Å². The highest BCUT2D eigenvalue weighted by atomic mass is 79.9. The van der Waals surface area contributed by atoms with E-state index in [1.54, 1.807) is 6.20 Å².